The minimum Gasteiger partial charge on any atom is -0.497 e. The van der Waals surface area contributed by atoms with Crippen LogP contribution in [0.3, 0.4) is 0 Å². The van der Waals surface area contributed by atoms with Gasteiger partial charge in [-0.05, 0) is 30.7 Å². The third-order valence-electron chi connectivity index (χ3n) is 3.18. The van der Waals surface area contributed by atoms with E-state index in [1.807, 2.05) is 29.9 Å². The molecular weight excluding hydrogens is 276 g/mol. The second-order valence-electron chi connectivity index (χ2n) is 4.50. The van der Waals surface area contributed by atoms with Gasteiger partial charge in [-0.25, -0.2) is 0 Å². The molecule has 4 nitrogen and oxygen atoms in total. The van der Waals surface area contributed by atoms with Gasteiger partial charge in [-0.2, -0.15) is 5.10 Å². The fraction of sp³-hybridized carbons (Fsp3) is 0.400. The predicted molar refractivity (Wildman–Crippen MR) is 79.5 cm³/mol. The topological polar surface area (TPSA) is 36.3 Å². The molecule has 2 rings (SSSR count). The lowest BCUT2D eigenvalue weighted by Crippen LogP contribution is -2.04. The van der Waals surface area contributed by atoms with Crippen molar-refractivity contribution in [3.8, 4) is 11.5 Å². The molecule has 0 bridgehead atoms. The summed E-state index contributed by atoms with van der Waals surface area (Å²) in [6, 6.07) is 7.70. The number of hydrogen-bond acceptors (Lipinski definition) is 3. The van der Waals surface area contributed by atoms with Crippen molar-refractivity contribution >= 4 is 11.6 Å². The monoisotopic (exact) mass is 294 g/mol. The summed E-state index contributed by atoms with van der Waals surface area (Å²) in [5.41, 5.74) is 3.03. The number of aromatic nitrogens is 2. The first-order chi connectivity index (χ1) is 9.67. The van der Waals surface area contributed by atoms with Crippen LogP contribution in [-0.2, 0) is 26.0 Å². The van der Waals surface area contributed by atoms with Crippen molar-refractivity contribution in [2.75, 3.05) is 7.11 Å². The summed E-state index contributed by atoms with van der Waals surface area (Å²) in [5.74, 6) is 1.94. The Bertz CT molecular complexity index is 581. The first kappa shape index (κ1) is 14.7. The Hall–Kier alpha value is -1.68. The summed E-state index contributed by atoms with van der Waals surface area (Å²) in [5, 5.41) is 4.40. The van der Waals surface area contributed by atoms with E-state index < -0.39 is 0 Å². The summed E-state index contributed by atoms with van der Waals surface area (Å²) in [7, 11) is 3.56. The zero-order valence-electron chi connectivity index (χ0n) is 12.0. The van der Waals surface area contributed by atoms with Crippen molar-refractivity contribution in [3.63, 3.8) is 0 Å². The first-order valence-electron chi connectivity index (χ1n) is 6.55. The molecule has 0 saturated heterocycles. The highest BCUT2D eigenvalue weighted by atomic mass is 35.5. The van der Waals surface area contributed by atoms with Crippen LogP contribution in [-0.4, -0.2) is 16.9 Å². The second-order valence-corrected chi connectivity index (χ2v) is 4.77. The minimum absolute atomic E-state index is 0.387. The summed E-state index contributed by atoms with van der Waals surface area (Å²) in [6.45, 7) is 2.56. The van der Waals surface area contributed by atoms with Crippen molar-refractivity contribution in [1.82, 2.24) is 9.78 Å². The number of alkyl halides is 1. The Kier molecular flexibility index (Phi) is 4.90. The van der Waals surface area contributed by atoms with E-state index in [0.29, 0.717) is 12.5 Å². The molecule has 1 heterocycles. The number of hydrogen-bond donors (Lipinski definition) is 0. The molecule has 0 atom stereocenters. The van der Waals surface area contributed by atoms with E-state index in [0.717, 1.165) is 34.9 Å². The minimum atomic E-state index is 0.387. The van der Waals surface area contributed by atoms with Gasteiger partial charge in [0.1, 0.15) is 18.1 Å². The van der Waals surface area contributed by atoms with Gasteiger partial charge < -0.3 is 9.47 Å². The maximum absolute atomic E-state index is 5.95. The lowest BCUT2D eigenvalue weighted by molar-refractivity contribution is 0.292. The van der Waals surface area contributed by atoms with Crippen LogP contribution >= 0.6 is 11.6 Å². The third kappa shape index (κ3) is 3.25. The molecule has 0 spiro atoms. The number of methoxy groups -OCH3 is 1. The summed E-state index contributed by atoms with van der Waals surface area (Å²) in [4.78, 5) is 0. The van der Waals surface area contributed by atoms with Crippen LogP contribution in [0.5, 0.6) is 11.5 Å². The maximum atomic E-state index is 5.95. The Labute approximate surface area is 124 Å². The van der Waals surface area contributed by atoms with Gasteiger partial charge in [-0.3, -0.25) is 4.68 Å². The highest BCUT2D eigenvalue weighted by Gasteiger charge is 2.08. The van der Waals surface area contributed by atoms with E-state index in [-0.39, 0.29) is 0 Å². The predicted octanol–water partition coefficient (Wildman–Crippen LogP) is 3.31. The number of benzene rings is 1. The van der Waals surface area contributed by atoms with Gasteiger partial charge in [0.25, 0.3) is 0 Å². The standard InChI is InChI=1S/C15H19ClN2O2/c1-4-12-8-13(18(2)17-12)10-20-15-6-5-14(19-3)7-11(15)9-16/h5-8H,4,9-10H2,1-3H3. The zero-order chi connectivity index (χ0) is 14.5. The SMILES string of the molecule is CCc1cc(COc2ccc(OC)cc2CCl)n(C)n1. The van der Waals surface area contributed by atoms with Gasteiger partial charge in [0.05, 0.1) is 24.4 Å². The highest BCUT2D eigenvalue weighted by molar-refractivity contribution is 6.17. The largest absolute Gasteiger partial charge is 0.497 e. The molecule has 20 heavy (non-hydrogen) atoms. The maximum Gasteiger partial charge on any atom is 0.130 e. The number of aryl methyl sites for hydroxylation is 2. The van der Waals surface area contributed by atoms with Crippen molar-refractivity contribution in [2.45, 2.75) is 25.8 Å². The van der Waals surface area contributed by atoms with Gasteiger partial charge in [0.15, 0.2) is 0 Å². The van der Waals surface area contributed by atoms with Crippen LogP contribution in [0.25, 0.3) is 0 Å². The molecule has 1 aromatic heterocycles. The molecular formula is C15H19ClN2O2. The Balaban J connectivity index is 2.11. The van der Waals surface area contributed by atoms with Crippen molar-refractivity contribution < 1.29 is 9.47 Å². The molecule has 108 valence electrons. The number of nitrogens with zero attached hydrogens (tertiary/aromatic N) is 2. The van der Waals surface area contributed by atoms with Crippen LogP contribution in [0, 0.1) is 0 Å². The van der Waals surface area contributed by atoms with Crippen LogP contribution in [0.1, 0.15) is 23.9 Å². The first-order valence-corrected chi connectivity index (χ1v) is 7.08. The molecule has 0 aliphatic heterocycles. The lowest BCUT2D eigenvalue weighted by Gasteiger charge is -2.11. The Morgan fingerprint density at radius 3 is 2.70 bits per heavy atom. The molecule has 0 saturated carbocycles. The second kappa shape index (κ2) is 6.66. The summed E-state index contributed by atoms with van der Waals surface area (Å²) >= 11 is 5.95. The molecule has 0 amide bonds. The van der Waals surface area contributed by atoms with Crippen LogP contribution in [0.2, 0.25) is 0 Å². The highest BCUT2D eigenvalue weighted by Crippen LogP contribution is 2.26. The molecule has 0 fully saturated rings. The average Bonchev–Trinajstić information content (AvgIpc) is 2.85. The smallest absolute Gasteiger partial charge is 0.130 e. The molecule has 1 aromatic carbocycles. The lowest BCUT2D eigenvalue weighted by atomic mass is 10.2. The molecule has 0 aliphatic carbocycles. The van der Waals surface area contributed by atoms with Crippen molar-refractivity contribution in [2.24, 2.45) is 7.05 Å². The quantitative estimate of drug-likeness (QED) is 0.767. The zero-order valence-corrected chi connectivity index (χ0v) is 12.8. The molecule has 5 heteroatoms. The third-order valence-corrected chi connectivity index (χ3v) is 3.46. The Morgan fingerprint density at radius 2 is 2.10 bits per heavy atom. The molecule has 0 radical (unpaired) electrons. The van der Waals surface area contributed by atoms with Gasteiger partial charge in [-0.1, -0.05) is 6.92 Å². The van der Waals surface area contributed by atoms with Crippen LogP contribution in [0.15, 0.2) is 24.3 Å². The normalized spacial score (nSPS) is 10.6. The van der Waals surface area contributed by atoms with Crippen molar-refractivity contribution in [1.29, 1.82) is 0 Å². The fourth-order valence-electron chi connectivity index (χ4n) is 1.96. The number of rotatable bonds is 6. The summed E-state index contributed by atoms with van der Waals surface area (Å²) < 4.78 is 12.9. The Morgan fingerprint density at radius 1 is 1.30 bits per heavy atom. The fourth-order valence-corrected chi connectivity index (χ4v) is 2.17. The van der Waals surface area contributed by atoms with Gasteiger partial charge in [-0.15, -0.1) is 11.6 Å². The van der Waals surface area contributed by atoms with E-state index in [1.54, 1.807) is 7.11 Å². The van der Waals surface area contributed by atoms with E-state index in [1.165, 1.54) is 0 Å². The average molecular weight is 295 g/mol. The number of halogens is 1. The van der Waals surface area contributed by atoms with Crippen LogP contribution < -0.4 is 9.47 Å². The van der Waals surface area contributed by atoms with Gasteiger partial charge >= 0.3 is 0 Å². The van der Waals surface area contributed by atoms with E-state index in [4.69, 9.17) is 21.1 Å². The van der Waals surface area contributed by atoms with Crippen LogP contribution in [0.4, 0.5) is 0 Å². The van der Waals surface area contributed by atoms with E-state index >= 15 is 0 Å². The van der Waals surface area contributed by atoms with Gasteiger partial charge in [0.2, 0.25) is 0 Å². The number of ether oxygens (including phenoxy) is 2. The van der Waals surface area contributed by atoms with Gasteiger partial charge in [0, 0.05) is 12.6 Å². The molecule has 2 aromatic rings. The molecule has 0 aliphatic rings. The van der Waals surface area contributed by atoms with E-state index in [9.17, 15) is 0 Å². The summed E-state index contributed by atoms with van der Waals surface area (Å²) in [6.07, 6.45) is 0.920. The molecule has 0 N–H and O–H groups in total. The van der Waals surface area contributed by atoms with Crippen molar-refractivity contribution in [3.05, 3.63) is 41.2 Å². The van der Waals surface area contributed by atoms with E-state index in [2.05, 4.69) is 18.1 Å². The molecule has 0 unspecified atom stereocenters.